The van der Waals surface area contributed by atoms with Crippen LogP contribution in [0.5, 0.6) is 0 Å². The molecule has 1 aromatic heterocycles. The van der Waals surface area contributed by atoms with Crippen LogP contribution >= 0.6 is 0 Å². The van der Waals surface area contributed by atoms with E-state index in [9.17, 15) is 4.79 Å². The molecular weight excluding hydrogens is 156 g/mol. The Labute approximate surface area is 70.0 Å². The predicted octanol–water partition coefficient (Wildman–Crippen LogP) is 1.47. The van der Waals surface area contributed by atoms with Crippen molar-refractivity contribution in [3.05, 3.63) is 23.7 Å². The number of rotatable bonds is 1. The van der Waals surface area contributed by atoms with Gasteiger partial charge in [-0.1, -0.05) is 0 Å². The van der Waals surface area contributed by atoms with Gasteiger partial charge in [-0.2, -0.15) is 0 Å². The minimum Gasteiger partial charge on any atom is -0.481 e. The molecule has 0 aliphatic heterocycles. The first kappa shape index (κ1) is 7.40. The molecule has 0 aromatic carbocycles. The summed E-state index contributed by atoms with van der Waals surface area (Å²) in [5, 5.41) is 8.77. The lowest BCUT2D eigenvalue weighted by molar-refractivity contribution is -0.142. The van der Waals surface area contributed by atoms with Gasteiger partial charge in [0.2, 0.25) is 0 Å². The summed E-state index contributed by atoms with van der Waals surface area (Å²) < 4.78 is 5.19. The third kappa shape index (κ3) is 1.11. The molecule has 3 heteroatoms. The normalized spacial score (nSPS) is 21.8. The second-order valence-electron chi connectivity index (χ2n) is 3.15. The molecule has 1 heterocycles. The third-order valence-corrected chi connectivity index (χ3v) is 2.37. The highest BCUT2D eigenvalue weighted by Crippen LogP contribution is 2.26. The molecule has 1 aromatic rings. The molecule has 0 radical (unpaired) electrons. The van der Waals surface area contributed by atoms with E-state index in [1.165, 1.54) is 0 Å². The van der Waals surface area contributed by atoms with Crippen LogP contribution in [0.15, 0.2) is 16.7 Å². The molecule has 3 nitrogen and oxygen atoms in total. The van der Waals surface area contributed by atoms with Gasteiger partial charge < -0.3 is 9.52 Å². The summed E-state index contributed by atoms with van der Waals surface area (Å²) in [5.41, 5.74) is 1.06. The Bertz CT molecular complexity index is 300. The summed E-state index contributed by atoms with van der Waals surface area (Å²) in [5.74, 6) is 0.0597. The third-order valence-electron chi connectivity index (χ3n) is 2.37. The smallest absolute Gasteiger partial charge is 0.306 e. The summed E-state index contributed by atoms with van der Waals surface area (Å²) in [6.45, 7) is 0. The van der Waals surface area contributed by atoms with Crippen LogP contribution < -0.4 is 0 Å². The lowest BCUT2D eigenvalue weighted by Crippen LogP contribution is -2.21. The average molecular weight is 166 g/mol. The van der Waals surface area contributed by atoms with Gasteiger partial charge in [-0.25, -0.2) is 0 Å². The SMILES string of the molecule is O=C(O)C1CCc2occc2C1. The Morgan fingerprint density at radius 2 is 2.50 bits per heavy atom. The van der Waals surface area contributed by atoms with E-state index in [0.29, 0.717) is 12.8 Å². The molecule has 64 valence electrons. The fourth-order valence-corrected chi connectivity index (χ4v) is 1.65. The van der Waals surface area contributed by atoms with Crippen LogP contribution in [0.3, 0.4) is 0 Å². The fourth-order valence-electron chi connectivity index (χ4n) is 1.65. The summed E-state index contributed by atoms with van der Waals surface area (Å²) in [7, 11) is 0. The zero-order valence-corrected chi connectivity index (χ0v) is 6.62. The second kappa shape index (κ2) is 2.66. The summed E-state index contributed by atoms with van der Waals surface area (Å²) in [4.78, 5) is 10.7. The van der Waals surface area contributed by atoms with E-state index in [4.69, 9.17) is 9.52 Å². The number of carbonyl (C=O) groups is 1. The summed E-state index contributed by atoms with van der Waals surface area (Å²) in [6, 6.07) is 1.87. The first-order valence-electron chi connectivity index (χ1n) is 4.05. The molecule has 0 bridgehead atoms. The molecule has 0 spiro atoms. The van der Waals surface area contributed by atoms with Crippen LogP contribution in [-0.4, -0.2) is 11.1 Å². The van der Waals surface area contributed by atoms with Crippen molar-refractivity contribution in [3.63, 3.8) is 0 Å². The number of aryl methyl sites for hydroxylation is 1. The highest BCUT2D eigenvalue weighted by Gasteiger charge is 2.25. The van der Waals surface area contributed by atoms with Crippen LogP contribution in [0.1, 0.15) is 17.7 Å². The molecular formula is C9H10O3. The Morgan fingerprint density at radius 1 is 1.67 bits per heavy atom. The van der Waals surface area contributed by atoms with E-state index in [0.717, 1.165) is 17.7 Å². The van der Waals surface area contributed by atoms with Crippen LogP contribution in [0.4, 0.5) is 0 Å². The van der Waals surface area contributed by atoms with E-state index < -0.39 is 5.97 Å². The average Bonchev–Trinajstić information content (AvgIpc) is 2.49. The predicted molar refractivity (Wildman–Crippen MR) is 41.9 cm³/mol. The zero-order valence-electron chi connectivity index (χ0n) is 6.62. The molecule has 1 unspecified atom stereocenters. The summed E-state index contributed by atoms with van der Waals surface area (Å²) >= 11 is 0. The number of furan rings is 1. The standard InChI is InChI=1S/C9H10O3/c10-9(11)7-1-2-8-6(5-7)3-4-12-8/h3-4,7H,1-2,5H2,(H,10,11). The highest BCUT2D eigenvalue weighted by atomic mass is 16.4. The molecule has 0 saturated heterocycles. The molecule has 1 aliphatic carbocycles. The topological polar surface area (TPSA) is 50.4 Å². The van der Waals surface area contributed by atoms with Gasteiger partial charge in [0.25, 0.3) is 0 Å². The van der Waals surface area contributed by atoms with Gasteiger partial charge >= 0.3 is 5.97 Å². The van der Waals surface area contributed by atoms with Gasteiger partial charge in [0, 0.05) is 6.42 Å². The van der Waals surface area contributed by atoms with E-state index in [-0.39, 0.29) is 5.92 Å². The van der Waals surface area contributed by atoms with Gasteiger partial charge in [-0.15, -0.1) is 0 Å². The maximum absolute atomic E-state index is 10.7. The number of carboxylic acid groups (broad SMARTS) is 1. The van der Waals surface area contributed by atoms with Crippen LogP contribution in [-0.2, 0) is 17.6 Å². The number of hydrogen-bond acceptors (Lipinski definition) is 2. The van der Waals surface area contributed by atoms with E-state index in [2.05, 4.69) is 0 Å². The Hall–Kier alpha value is -1.25. The van der Waals surface area contributed by atoms with Crippen molar-refractivity contribution in [2.24, 2.45) is 5.92 Å². The highest BCUT2D eigenvalue weighted by molar-refractivity contribution is 5.70. The van der Waals surface area contributed by atoms with Crippen molar-refractivity contribution in [1.29, 1.82) is 0 Å². The first-order chi connectivity index (χ1) is 5.77. The van der Waals surface area contributed by atoms with Crippen molar-refractivity contribution in [3.8, 4) is 0 Å². The van der Waals surface area contributed by atoms with Gasteiger partial charge in [0.15, 0.2) is 0 Å². The molecule has 0 fully saturated rings. The first-order valence-corrected chi connectivity index (χ1v) is 4.05. The monoisotopic (exact) mass is 166 g/mol. The van der Waals surface area contributed by atoms with Gasteiger partial charge in [-0.05, 0) is 24.5 Å². The molecule has 0 saturated carbocycles. The van der Waals surface area contributed by atoms with Crippen molar-refractivity contribution >= 4 is 5.97 Å². The van der Waals surface area contributed by atoms with Crippen LogP contribution in [0, 0.1) is 5.92 Å². The maximum Gasteiger partial charge on any atom is 0.306 e. The van der Waals surface area contributed by atoms with Gasteiger partial charge in [0.05, 0.1) is 12.2 Å². The second-order valence-corrected chi connectivity index (χ2v) is 3.15. The Kier molecular flexibility index (Phi) is 1.64. The van der Waals surface area contributed by atoms with Crippen molar-refractivity contribution in [2.45, 2.75) is 19.3 Å². The van der Waals surface area contributed by atoms with Gasteiger partial charge in [0.1, 0.15) is 5.76 Å². The molecule has 12 heavy (non-hydrogen) atoms. The van der Waals surface area contributed by atoms with Crippen molar-refractivity contribution < 1.29 is 14.3 Å². The van der Waals surface area contributed by atoms with E-state index in [1.807, 2.05) is 6.07 Å². The lowest BCUT2D eigenvalue weighted by atomic mass is 9.88. The minimum absolute atomic E-state index is 0.213. The quantitative estimate of drug-likeness (QED) is 0.687. The van der Waals surface area contributed by atoms with Gasteiger partial charge in [-0.3, -0.25) is 4.79 Å². The molecule has 1 N–H and O–H groups in total. The molecule has 1 atom stereocenters. The van der Waals surface area contributed by atoms with Crippen molar-refractivity contribution in [1.82, 2.24) is 0 Å². The van der Waals surface area contributed by atoms with Crippen LogP contribution in [0.2, 0.25) is 0 Å². The number of fused-ring (bicyclic) bond motifs is 1. The number of hydrogen-bond donors (Lipinski definition) is 1. The number of carboxylic acids is 1. The Balaban J connectivity index is 2.20. The lowest BCUT2D eigenvalue weighted by Gasteiger charge is -2.16. The van der Waals surface area contributed by atoms with Crippen molar-refractivity contribution in [2.75, 3.05) is 0 Å². The zero-order chi connectivity index (χ0) is 8.55. The van der Waals surface area contributed by atoms with Crippen LogP contribution in [0.25, 0.3) is 0 Å². The largest absolute Gasteiger partial charge is 0.481 e. The molecule has 1 aliphatic rings. The van der Waals surface area contributed by atoms with E-state index in [1.54, 1.807) is 6.26 Å². The fraction of sp³-hybridized carbons (Fsp3) is 0.444. The minimum atomic E-state index is -0.693. The summed E-state index contributed by atoms with van der Waals surface area (Å²) in [6.07, 6.45) is 3.73. The maximum atomic E-state index is 10.7. The molecule has 2 rings (SSSR count). The van der Waals surface area contributed by atoms with E-state index >= 15 is 0 Å². The number of aliphatic carboxylic acids is 1. The Morgan fingerprint density at radius 3 is 3.25 bits per heavy atom. The molecule has 0 amide bonds.